The minimum absolute atomic E-state index is 0.166. The van der Waals surface area contributed by atoms with Crippen molar-refractivity contribution in [3.8, 4) is 0 Å². The summed E-state index contributed by atoms with van der Waals surface area (Å²) in [7, 11) is -3.99. The molecule has 2 aliphatic carbocycles. The second-order valence-corrected chi connectivity index (χ2v) is 9.49. The van der Waals surface area contributed by atoms with Crippen molar-refractivity contribution in [2.45, 2.75) is 30.2 Å². The first-order chi connectivity index (χ1) is 12.9. The number of nitrogens with zero attached hydrogens (tertiary/aromatic N) is 1. The van der Waals surface area contributed by atoms with Crippen LogP contribution in [0.4, 0.5) is 10.1 Å². The van der Waals surface area contributed by atoms with Crippen molar-refractivity contribution in [3.05, 3.63) is 24.0 Å². The minimum Gasteiger partial charge on any atom is -0.379 e. The largest absolute Gasteiger partial charge is 0.379 e. The summed E-state index contributed by atoms with van der Waals surface area (Å²) in [4.78, 5) is 12.3. The van der Waals surface area contributed by atoms with Crippen LogP contribution in [-0.4, -0.2) is 51.0 Å². The second kappa shape index (κ2) is 7.12. The number of ether oxygens (including phenoxy) is 1. The number of amides is 1. The standard InChI is InChI=1S/C18H24FN3O4S/c19-14-4-3-13(10-15(14)27(24,25)22-5-7-26-8-6-22)21-18(23)16-11-1-2-12(9-11)17(16)20/h3-4,10-12,16-17H,1-2,5-9,20H2,(H,21,23). The average molecular weight is 397 g/mol. The van der Waals surface area contributed by atoms with Crippen molar-refractivity contribution >= 4 is 21.6 Å². The Labute approximate surface area is 158 Å². The van der Waals surface area contributed by atoms with Crippen LogP contribution in [0.2, 0.25) is 0 Å². The Hall–Kier alpha value is -1.55. The molecule has 1 aromatic rings. The monoisotopic (exact) mass is 397 g/mol. The quantitative estimate of drug-likeness (QED) is 0.794. The molecule has 7 nitrogen and oxygen atoms in total. The van der Waals surface area contributed by atoms with E-state index in [0.29, 0.717) is 5.92 Å². The summed E-state index contributed by atoms with van der Waals surface area (Å²) in [5, 5.41) is 2.75. The third-order valence-corrected chi connectivity index (χ3v) is 7.98. The number of fused-ring (bicyclic) bond motifs is 2. The number of sulfonamides is 1. The highest BCUT2D eigenvalue weighted by Gasteiger charge is 2.49. The van der Waals surface area contributed by atoms with Gasteiger partial charge in [0.25, 0.3) is 0 Å². The molecule has 1 saturated heterocycles. The van der Waals surface area contributed by atoms with E-state index in [2.05, 4.69) is 5.32 Å². The average Bonchev–Trinajstić information content (AvgIpc) is 3.25. The Morgan fingerprint density at radius 2 is 1.93 bits per heavy atom. The van der Waals surface area contributed by atoms with Crippen molar-refractivity contribution in [2.24, 2.45) is 23.5 Å². The van der Waals surface area contributed by atoms with Crippen molar-refractivity contribution in [1.82, 2.24) is 4.31 Å². The zero-order valence-electron chi connectivity index (χ0n) is 14.9. The predicted molar refractivity (Wildman–Crippen MR) is 96.9 cm³/mol. The molecule has 0 spiro atoms. The molecule has 1 aromatic carbocycles. The molecule has 27 heavy (non-hydrogen) atoms. The summed E-state index contributed by atoms with van der Waals surface area (Å²) in [6.07, 6.45) is 3.03. The van der Waals surface area contributed by atoms with Crippen LogP contribution in [0, 0.1) is 23.6 Å². The van der Waals surface area contributed by atoms with E-state index in [1.807, 2.05) is 0 Å². The molecule has 2 saturated carbocycles. The van der Waals surface area contributed by atoms with Crippen LogP contribution in [0.1, 0.15) is 19.3 Å². The summed E-state index contributed by atoms with van der Waals surface area (Å²) >= 11 is 0. The van der Waals surface area contributed by atoms with Crippen LogP contribution in [-0.2, 0) is 19.6 Å². The summed E-state index contributed by atoms with van der Waals surface area (Å²) in [6, 6.07) is 3.48. The second-order valence-electron chi connectivity index (χ2n) is 7.59. The van der Waals surface area contributed by atoms with E-state index in [0.717, 1.165) is 25.3 Å². The fraction of sp³-hybridized carbons (Fsp3) is 0.611. The number of halogens is 1. The molecule has 1 aliphatic heterocycles. The van der Waals surface area contributed by atoms with Gasteiger partial charge in [0, 0.05) is 24.8 Å². The fourth-order valence-electron chi connectivity index (χ4n) is 4.66. The normalized spacial score (nSPS) is 31.2. The van der Waals surface area contributed by atoms with E-state index in [9.17, 15) is 17.6 Å². The first kappa shape index (κ1) is 18.8. The maximum absolute atomic E-state index is 14.3. The fourth-order valence-corrected chi connectivity index (χ4v) is 6.15. The lowest BCUT2D eigenvalue weighted by Crippen LogP contribution is -2.42. The number of anilines is 1. The molecule has 148 valence electrons. The van der Waals surface area contributed by atoms with Crippen LogP contribution >= 0.6 is 0 Å². The van der Waals surface area contributed by atoms with Gasteiger partial charge in [0.1, 0.15) is 10.7 Å². The first-order valence-corrected chi connectivity index (χ1v) is 10.8. The Kier molecular flexibility index (Phi) is 4.96. The van der Waals surface area contributed by atoms with Gasteiger partial charge in [-0.2, -0.15) is 4.31 Å². The van der Waals surface area contributed by atoms with E-state index in [-0.39, 0.29) is 55.8 Å². The summed E-state index contributed by atoms with van der Waals surface area (Å²) in [5.41, 5.74) is 6.47. The summed E-state index contributed by atoms with van der Waals surface area (Å²) < 4.78 is 46.1. The smallest absolute Gasteiger partial charge is 0.246 e. The van der Waals surface area contributed by atoms with Gasteiger partial charge in [-0.05, 0) is 49.3 Å². The van der Waals surface area contributed by atoms with E-state index >= 15 is 0 Å². The zero-order valence-corrected chi connectivity index (χ0v) is 15.8. The zero-order chi connectivity index (χ0) is 19.2. The van der Waals surface area contributed by atoms with Crippen LogP contribution < -0.4 is 11.1 Å². The highest BCUT2D eigenvalue weighted by molar-refractivity contribution is 7.89. The third-order valence-electron chi connectivity index (χ3n) is 6.07. The number of nitrogens with two attached hydrogens (primary N) is 1. The first-order valence-electron chi connectivity index (χ1n) is 9.32. The molecule has 0 aromatic heterocycles. The van der Waals surface area contributed by atoms with E-state index in [1.165, 1.54) is 16.4 Å². The van der Waals surface area contributed by atoms with Crippen LogP contribution in [0.5, 0.6) is 0 Å². The molecule has 3 N–H and O–H groups in total. The van der Waals surface area contributed by atoms with Crippen molar-refractivity contribution in [3.63, 3.8) is 0 Å². The Morgan fingerprint density at radius 1 is 1.22 bits per heavy atom. The van der Waals surface area contributed by atoms with Gasteiger partial charge in [0.2, 0.25) is 15.9 Å². The number of hydrogen-bond acceptors (Lipinski definition) is 5. The van der Waals surface area contributed by atoms with Crippen LogP contribution in [0.25, 0.3) is 0 Å². The number of hydrogen-bond donors (Lipinski definition) is 2. The molecule has 1 amide bonds. The highest BCUT2D eigenvalue weighted by atomic mass is 32.2. The molecule has 4 rings (SSSR count). The lowest BCUT2D eigenvalue weighted by molar-refractivity contribution is -0.121. The molecule has 0 radical (unpaired) electrons. The SMILES string of the molecule is NC1C2CCC(C2)C1C(=O)Nc1ccc(F)c(S(=O)(=O)N2CCOCC2)c1. The lowest BCUT2D eigenvalue weighted by atomic mass is 9.84. The summed E-state index contributed by atoms with van der Waals surface area (Å²) in [6.45, 7) is 0.912. The van der Waals surface area contributed by atoms with Gasteiger partial charge >= 0.3 is 0 Å². The number of morpholine rings is 1. The van der Waals surface area contributed by atoms with Crippen LogP contribution in [0.15, 0.2) is 23.1 Å². The number of nitrogens with one attached hydrogen (secondary N) is 1. The molecule has 3 fully saturated rings. The number of benzene rings is 1. The van der Waals surface area contributed by atoms with E-state index < -0.39 is 20.7 Å². The lowest BCUT2D eigenvalue weighted by Gasteiger charge is -2.27. The van der Waals surface area contributed by atoms with Gasteiger partial charge in [-0.1, -0.05) is 0 Å². The molecule has 1 heterocycles. The predicted octanol–water partition coefficient (Wildman–Crippen LogP) is 1.16. The molecule has 9 heteroatoms. The minimum atomic E-state index is -3.99. The molecule has 4 atom stereocenters. The van der Waals surface area contributed by atoms with Crippen molar-refractivity contribution < 1.29 is 22.3 Å². The van der Waals surface area contributed by atoms with Gasteiger partial charge in [-0.3, -0.25) is 4.79 Å². The van der Waals surface area contributed by atoms with Gasteiger partial charge in [0.15, 0.2) is 0 Å². The van der Waals surface area contributed by atoms with Crippen molar-refractivity contribution in [1.29, 1.82) is 0 Å². The van der Waals surface area contributed by atoms with Crippen molar-refractivity contribution in [2.75, 3.05) is 31.6 Å². The van der Waals surface area contributed by atoms with E-state index in [4.69, 9.17) is 10.5 Å². The third kappa shape index (κ3) is 3.37. The van der Waals surface area contributed by atoms with E-state index in [1.54, 1.807) is 0 Å². The Balaban J connectivity index is 1.55. The maximum Gasteiger partial charge on any atom is 0.246 e. The molecule has 3 aliphatic rings. The summed E-state index contributed by atoms with van der Waals surface area (Å²) in [5.74, 6) is -0.654. The Bertz CT molecular complexity index is 839. The highest BCUT2D eigenvalue weighted by Crippen LogP contribution is 2.48. The number of rotatable bonds is 4. The van der Waals surface area contributed by atoms with Gasteiger partial charge in [-0.15, -0.1) is 0 Å². The molecule has 4 unspecified atom stereocenters. The van der Waals surface area contributed by atoms with Gasteiger partial charge in [0.05, 0.1) is 19.1 Å². The van der Waals surface area contributed by atoms with Gasteiger partial charge in [-0.25, -0.2) is 12.8 Å². The number of carbonyl (C=O) groups excluding carboxylic acids is 1. The van der Waals surface area contributed by atoms with Crippen LogP contribution in [0.3, 0.4) is 0 Å². The molecular weight excluding hydrogens is 373 g/mol. The topological polar surface area (TPSA) is 102 Å². The molecule has 2 bridgehead atoms. The van der Waals surface area contributed by atoms with Gasteiger partial charge < -0.3 is 15.8 Å². The Morgan fingerprint density at radius 3 is 2.59 bits per heavy atom. The maximum atomic E-state index is 14.3. The molecular formula is C18H24FN3O4S. The number of carbonyl (C=O) groups is 1.